The summed E-state index contributed by atoms with van der Waals surface area (Å²) < 4.78 is 9.42. The molecule has 0 bridgehead atoms. The Morgan fingerprint density at radius 3 is 1.29 bits per heavy atom. The van der Waals surface area contributed by atoms with Crippen molar-refractivity contribution in [2.45, 2.75) is 77.4 Å². The molecule has 0 aliphatic rings. The number of hydrogen-bond acceptors (Lipinski definition) is 6. The van der Waals surface area contributed by atoms with Gasteiger partial charge in [0.15, 0.2) is 0 Å². The Morgan fingerprint density at radius 2 is 1.04 bits per heavy atom. The fourth-order valence-electron chi connectivity index (χ4n) is 1.92. The molecule has 0 radical (unpaired) electrons. The summed E-state index contributed by atoms with van der Waals surface area (Å²) in [4.78, 5) is 45.7. The fourth-order valence-corrected chi connectivity index (χ4v) is 1.92. The van der Waals surface area contributed by atoms with Gasteiger partial charge in [0.1, 0.15) is 0 Å². The number of carboxylic acid groups (broad SMARTS) is 2. The molecule has 0 rings (SSSR count). The third-order valence-corrected chi connectivity index (χ3v) is 3.25. The minimum Gasteiger partial charge on any atom is -0.478 e. The van der Waals surface area contributed by atoms with Crippen LogP contribution in [0.3, 0.4) is 0 Å². The van der Waals surface area contributed by atoms with Crippen LogP contribution in [-0.2, 0) is 28.7 Å². The third-order valence-electron chi connectivity index (χ3n) is 3.25. The van der Waals surface area contributed by atoms with Crippen molar-refractivity contribution in [3.8, 4) is 0 Å². The highest BCUT2D eigenvalue weighted by atomic mass is 16.6. The summed E-state index contributed by atoms with van der Waals surface area (Å²) in [5.41, 5.74) is 0. The number of rotatable bonds is 13. The Bertz CT molecular complexity index is 392. The average molecular weight is 346 g/mol. The Morgan fingerprint density at radius 1 is 0.708 bits per heavy atom. The summed E-state index contributed by atoms with van der Waals surface area (Å²) >= 11 is 0. The zero-order chi connectivity index (χ0) is 18.5. The van der Waals surface area contributed by atoms with Gasteiger partial charge in [-0.3, -0.25) is 9.59 Å². The quantitative estimate of drug-likeness (QED) is 0.383. The molecule has 8 nitrogen and oxygen atoms in total. The van der Waals surface area contributed by atoms with Crippen molar-refractivity contribution in [2.75, 3.05) is 0 Å². The summed E-state index contributed by atoms with van der Waals surface area (Å²) in [5, 5.41) is 18.2. The van der Waals surface area contributed by atoms with E-state index in [1.54, 1.807) is 0 Å². The molecule has 2 atom stereocenters. The number of ether oxygens (including phenoxy) is 2. The minimum absolute atomic E-state index is 0.0194. The van der Waals surface area contributed by atoms with Crippen LogP contribution in [0.2, 0.25) is 0 Å². The third kappa shape index (κ3) is 9.12. The van der Waals surface area contributed by atoms with Crippen LogP contribution in [0, 0.1) is 0 Å². The van der Waals surface area contributed by atoms with Gasteiger partial charge in [0.2, 0.25) is 12.2 Å². The molecule has 0 saturated carbocycles. The normalized spacial score (nSPS) is 12.9. The van der Waals surface area contributed by atoms with Crippen LogP contribution in [-0.4, -0.2) is 46.3 Å². The molecule has 0 saturated heterocycles. The maximum atomic E-state index is 11.6. The predicted molar refractivity (Wildman–Crippen MR) is 83.3 cm³/mol. The van der Waals surface area contributed by atoms with Crippen LogP contribution in [0.4, 0.5) is 0 Å². The van der Waals surface area contributed by atoms with Gasteiger partial charge in [-0.05, 0) is 12.8 Å². The second-order valence-corrected chi connectivity index (χ2v) is 5.41. The molecule has 0 aromatic heterocycles. The molecule has 0 aromatic carbocycles. The van der Waals surface area contributed by atoms with E-state index in [2.05, 4.69) is 0 Å². The van der Waals surface area contributed by atoms with Crippen LogP contribution in [0.1, 0.15) is 65.2 Å². The van der Waals surface area contributed by atoms with E-state index in [0.717, 1.165) is 25.7 Å². The van der Waals surface area contributed by atoms with Crippen LogP contribution < -0.4 is 0 Å². The number of unbranched alkanes of at least 4 members (excludes halogenated alkanes) is 4. The Kier molecular flexibility index (Phi) is 11.2. The first-order valence-electron chi connectivity index (χ1n) is 8.18. The molecule has 0 heterocycles. The largest absolute Gasteiger partial charge is 0.478 e. The van der Waals surface area contributed by atoms with Crippen LogP contribution in [0.25, 0.3) is 0 Å². The summed E-state index contributed by atoms with van der Waals surface area (Å²) in [6, 6.07) is 0. The second-order valence-electron chi connectivity index (χ2n) is 5.41. The predicted octanol–water partition coefficient (Wildman–Crippen LogP) is 2.14. The van der Waals surface area contributed by atoms with Crippen molar-refractivity contribution < 1.29 is 38.9 Å². The van der Waals surface area contributed by atoms with Gasteiger partial charge in [-0.15, -0.1) is 0 Å². The number of carboxylic acids is 2. The molecule has 0 amide bonds. The molecular weight excluding hydrogens is 320 g/mol. The standard InChI is InChI=1S/C16H26O8/c1-3-5-7-9-11(17)23-13(15(19)20)14(16(21)22)24-12(18)10-8-6-4-2/h13-14H,3-10H2,1-2H3,(H,19,20)(H,21,22). The average Bonchev–Trinajstić information content (AvgIpc) is 2.50. The van der Waals surface area contributed by atoms with Crippen LogP contribution in [0.15, 0.2) is 0 Å². The molecule has 24 heavy (non-hydrogen) atoms. The lowest BCUT2D eigenvalue weighted by Crippen LogP contribution is -2.45. The maximum Gasteiger partial charge on any atom is 0.349 e. The van der Waals surface area contributed by atoms with E-state index in [1.165, 1.54) is 0 Å². The van der Waals surface area contributed by atoms with E-state index in [0.29, 0.717) is 12.8 Å². The molecule has 2 N–H and O–H groups in total. The SMILES string of the molecule is CCCCCC(=O)OC(C(=O)O)C(OC(=O)CCCCC)C(=O)O. The molecule has 0 aliphatic heterocycles. The van der Waals surface area contributed by atoms with E-state index < -0.39 is 36.1 Å². The van der Waals surface area contributed by atoms with Crippen molar-refractivity contribution in [2.24, 2.45) is 0 Å². The van der Waals surface area contributed by atoms with Gasteiger partial charge >= 0.3 is 23.9 Å². The highest BCUT2D eigenvalue weighted by Crippen LogP contribution is 2.12. The van der Waals surface area contributed by atoms with Crippen molar-refractivity contribution in [3.63, 3.8) is 0 Å². The van der Waals surface area contributed by atoms with Crippen molar-refractivity contribution >= 4 is 23.9 Å². The Hall–Kier alpha value is -2.12. The summed E-state index contributed by atoms with van der Waals surface area (Å²) in [5.74, 6) is -5.01. The maximum absolute atomic E-state index is 11.6. The van der Waals surface area contributed by atoms with E-state index in [9.17, 15) is 19.2 Å². The Balaban J connectivity index is 4.79. The lowest BCUT2D eigenvalue weighted by molar-refractivity contribution is -0.187. The summed E-state index contributed by atoms with van der Waals surface area (Å²) in [7, 11) is 0. The fraction of sp³-hybridized carbons (Fsp3) is 0.750. The molecule has 2 unspecified atom stereocenters. The highest BCUT2D eigenvalue weighted by molar-refractivity contribution is 5.87. The number of hydrogen-bond donors (Lipinski definition) is 2. The van der Waals surface area contributed by atoms with Gasteiger partial charge in [0.05, 0.1) is 0 Å². The molecule has 138 valence electrons. The zero-order valence-corrected chi connectivity index (χ0v) is 14.2. The van der Waals surface area contributed by atoms with Gasteiger partial charge in [-0.25, -0.2) is 9.59 Å². The lowest BCUT2D eigenvalue weighted by Gasteiger charge is -2.21. The number of esters is 2. The smallest absolute Gasteiger partial charge is 0.349 e. The lowest BCUT2D eigenvalue weighted by atomic mass is 10.1. The molecule has 0 fully saturated rings. The highest BCUT2D eigenvalue weighted by Gasteiger charge is 2.40. The monoisotopic (exact) mass is 346 g/mol. The van der Waals surface area contributed by atoms with Gasteiger partial charge in [-0.1, -0.05) is 39.5 Å². The molecule has 0 aromatic rings. The Labute approximate surface area is 141 Å². The molecule has 0 aliphatic carbocycles. The van der Waals surface area contributed by atoms with E-state index in [-0.39, 0.29) is 12.8 Å². The topological polar surface area (TPSA) is 127 Å². The summed E-state index contributed by atoms with van der Waals surface area (Å²) in [6.07, 6.45) is 0.114. The van der Waals surface area contributed by atoms with E-state index >= 15 is 0 Å². The molecular formula is C16H26O8. The van der Waals surface area contributed by atoms with Gasteiger partial charge < -0.3 is 19.7 Å². The van der Waals surface area contributed by atoms with Gasteiger partial charge in [-0.2, -0.15) is 0 Å². The number of aliphatic carboxylic acids is 2. The second kappa shape index (κ2) is 12.3. The first-order chi connectivity index (χ1) is 11.3. The van der Waals surface area contributed by atoms with Gasteiger partial charge in [0, 0.05) is 12.8 Å². The molecule has 8 heteroatoms. The minimum atomic E-state index is -2.06. The number of carbonyl (C=O) groups is 4. The summed E-state index contributed by atoms with van der Waals surface area (Å²) in [6.45, 7) is 3.87. The first-order valence-corrected chi connectivity index (χ1v) is 8.18. The van der Waals surface area contributed by atoms with Crippen LogP contribution in [0.5, 0.6) is 0 Å². The van der Waals surface area contributed by atoms with Crippen molar-refractivity contribution in [3.05, 3.63) is 0 Å². The van der Waals surface area contributed by atoms with E-state index in [1.807, 2.05) is 13.8 Å². The van der Waals surface area contributed by atoms with Gasteiger partial charge in [0.25, 0.3) is 0 Å². The number of carbonyl (C=O) groups excluding carboxylic acids is 2. The first kappa shape index (κ1) is 21.9. The zero-order valence-electron chi connectivity index (χ0n) is 14.2. The van der Waals surface area contributed by atoms with Crippen molar-refractivity contribution in [1.29, 1.82) is 0 Å². The van der Waals surface area contributed by atoms with Crippen LogP contribution >= 0.6 is 0 Å². The van der Waals surface area contributed by atoms with Crippen molar-refractivity contribution in [1.82, 2.24) is 0 Å². The molecule has 0 spiro atoms. The van der Waals surface area contributed by atoms with E-state index in [4.69, 9.17) is 19.7 Å².